The third-order valence-corrected chi connectivity index (χ3v) is 2.72. The van der Waals surface area contributed by atoms with Crippen molar-refractivity contribution in [2.75, 3.05) is 7.05 Å². The number of rotatable bonds is 5. The number of nitrogens with zero attached hydrogens (tertiary/aromatic N) is 1. The molecule has 0 bridgehead atoms. The van der Waals surface area contributed by atoms with Gasteiger partial charge in [0, 0.05) is 25.2 Å². The molecule has 0 spiro atoms. The van der Waals surface area contributed by atoms with E-state index in [4.69, 9.17) is 5.73 Å². The van der Waals surface area contributed by atoms with Gasteiger partial charge in [-0.2, -0.15) is 0 Å². The fourth-order valence-corrected chi connectivity index (χ4v) is 1.70. The molecule has 0 aromatic heterocycles. The molecule has 0 fully saturated rings. The van der Waals surface area contributed by atoms with Crippen LogP contribution >= 0.6 is 0 Å². The molecule has 0 radical (unpaired) electrons. The molecule has 0 aliphatic heterocycles. The van der Waals surface area contributed by atoms with Crippen LogP contribution in [0, 0.1) is 11.6 Å². The van der Waals surface area contributed by atoms with Gasteiger partial charge in [-0.25, -0.2) is 8.78 Å². The van der Waals surface area contributed by atoms with Crippen LogP contribution in [-0.2, 0) is 11.3 Å². The Labute approximate surface area is 106 Å². The summed E-state index contributed by atoms with van der Waals surface area (Å²) in [6.07, 6.45) is 1.40. The van der Waals surface area contributed by atoms with Crippen LogP contribution in [0.4, 0.5) is 8.78 Å². The number of likely N-dealkylation sites (N-methyl/N-ethyl adjacent to an activating group) is 1. The second-order valence-electron chi connectivity index (χ2n) is 4.33. The summed E-state index contributed by atoms with van der Waals surface area (Å²) in [4.78, 5) is 13.2. The number of benzene rings is 1. The maximum atomic E-state index is 13.4. The van der Waals surface area contributed by atoms with E-state index in [9.17, 15) is 13.6 Å². The Morgan fingerprint density at radius 1 is 1.44 bits per heavy atom. The first-order valence-electron chi connectivity index (χ1n) is 5.90. The zero-order valence-corrected chi connectivity index (χ0v) is 10.6. The molecule has 0 heterocycles. The summed E-state index contributed by atoms with van der Waals surface area (Å²) in [5.41, 5.74) is 5.97. The van der Waals surface area contributed by atoms with Crippen LogP contribution in [-0.4, -0.2) is 23.9 Å². The van der Waals surface area contributed by atoms with E-state index in [-0.39, 0.29) is 18.0 Å². The number of nitrogens with two attached hydrogens (primary N) is 1. The van der Waals surface area contributed by atoms with Gasteiger partial charge in [0.15, 0.2) is 0 Å². The lowest BCUT2D eigenvalue weighted by molar-refractivity contribution is -0.132. The fourth-order valence-electron chi connectivity index (χ4n) is 1.70. The Kier molecular flexibility index (Phi) is 5.22. The molecule has 5 heteroatoms. The van der Waals surface area contributed by atoms with Gasteiger partial charge >= 0.3 is 0 Å². The van der Waals surface area contributed by atoms with E-state index in [0.29, 0.717) is 6.42 Å². The first kappa shape index (κ1) is 14.6. The van der Waals surface area contributed by atoms with E-state index in [0.717, 1.165) is 12.5 Å². The zero-order valence-electron chi connectivity index (χ0n) is 10.6. The standard InChI is InChI=1S/C13H18F2N2O/c1-3-4-12(16)13(18)17(2)8-9-5-6-10(14)7-11(9)15/h5-7,12H,3-4,8,16H2,1-2H3/t12-/m0/s1. The topological polar surface area (TPSA) is 46.3 Å². The van der Waals surface area contributed by atoms with E-state index in [1.54, 1.807) is 7.05 Å². The number of hydrogen-bond acceptors (Lipinski definition) is 2. The molecule has 100 valence electrons. The van der Waals surface area contributed by atoms with Crippen molar-refractivity contribution < 1.29 is 13.6 Å². The van der Waals surface area contributed by atoms with Crippen LogP contribution in [0.15, 0.2) is 18.2 Å². The second kappa shape index (κ2) is 6.44. The highest BCUT2D eigenvalue weighted by atomic mass is 19.1. The van der Waals surface area contributed by atoms with Crippen molar-refractivity contribution in [2.45, 2.75) is 32.4 Å². The molecule has 0 saturated carbocycles. The second-order valence-corrected chi connectivity index (χ2v) is 4.33. The highest BCUT2D eigenvalue weighted by Gasteiger charge is 2.18. The van der Waals surface area contributed by atoms with Crippen molar-refractivity contribution in [3.05, 3.63) is 35.4 Å². The predicted octanol–water partition coefficient (Wildman–Crippen LogP) is 2.05. The van der Waals surface area contributed by atoms with Gasteiger partial charge in [-0.15, -0.1) is 0 Å². The molecular formula is C13H18F2N2O. The van der Waals surface area contributed by atoms with Crippen LogP contribution in [0.3, 0.4) is 0 Å². The van der Waals surface area contributed by atoms with Gasteiger partial charge < -0.3 is 10.6 Å². The van der Waals surface area contributed by atoms with Crippen molar-refractivity contribution >= 4 is 5.91 Å². The summed E-state index contributed by atoms with van der Waals surface area (Å²) in [5, 5.41) is 0. The summed E-state index contributed by atoms with van der Waals surface area (Å²) < 4.78 is 26.1. The smallest absolute Gasteiger partial charge is 0.239 e. The van der Waals surface area contributed by atoms with Crippen molar-refractivity contribution in [1.82, 2.24) is 4.90 Å². The van der Waals surface area contributed by atoms with Gasteiger partial charge in [-0.05, 0) is 12.5 Å². The van der Waals surface area contributed by atoms with Gasteiger partial charge in [0.25, 0.3) is 0 Å². The molecular weight excluding hydrogens is 238 g/mol. The lowest BCUT2D eigenvalue weighted by atomic mass is 10.1. The predicted molar refractivity (Wildman–Crippen MR) is 65.7 cm³/mol. The number of carbonyl (C=O) groups is 1. The average molecular weight is 256 g/mol. The van der Waals surface area contributed by atoms with Crippen molar-refractivity contribution in [2.24, 2.45) is 5.73 Å². The minimum absolute atomic E-state index is 0.0857. The molecule has 1 atom stereocenters. The third kappa shape index (κ3) is 3.77. The van der Waals surface area contributed by atoms with Gasteiger partial charge in [-0.3, -0.25) is 4.79 Å². The Morgan fingerprint density at radius 3 is 2.67 bits per heavy atom. The first-order chi connectivity index (χ1) is 8.45. The highest BCUT2D eigenvalue weighted by molar-refractivity contribution is 5.81. The van der Waals surface area contributed by atoms with Crippen molar-refractivity contribution in [3.8, 4) is 0 Å². The molecule has 0 saturated heterocycles. The lowest BCUT2D eigenvalue weighted by Gasteiger charge is -2.21. The van der Waals surface area contributed by atoms with Crippen LogP contribution in [0.25, 0.3) is 0 Å². The van der Waals surface area contributed by atoms with Crippen molar-refractivity contribution in [3.63, 3.8) is 0 Å². The van der Waals surface area contributed by atoms with Gasteiger partial charge in [0.1, 0.15) is 11.6 Å². The molecule has 0 aliphatic rings. The van der Waals surface area contributed by atoms with E-state index in [1.165, 1.54) is 17.0 Å². The van der Waals surface area contributed by atoms with Crippen LogP contribution in [0.1, 0.15) is 25.3 Å². The molecule has 0 unspecified atom stereocenters. The van der Waals surface area contributed by atoms with E-state index < -0.39 is 17.7 Å². The Bertz CT molecular complexity index is 423. The molecule has 3 nitrogen and oxygen atoms in total. The van der Waals surface area contributed by atoms with Gasteiger partial charge in [0.05, 0.1) is 6.04 Å². The summed E-state index contributed by atoms with van der Waals surface area (Å²) in [6.45, 7) is 2.02. The quantitative estimate of drug-likeness (QED) is 0.876. The minimum Gasteiger partial charge on any atom is -0.340 e. The fraction of sp³-hybridized carbons (Fsp3) is 0.462. The number of carbonyl (C=O) groups excluding carboxylic acids is 1. The Hall–Kier alpha value is -1.49. The van der Waals surface area contributed by atoms with Crippen LogP contribution in [0.5, 0.6) is 0 Å². The number of hydrogen-bond donors (Lipinski definition) is 1. The molecule has 1 amide bonds. The van der Waals surface area contributed by atoms with E-state index in [2.05, 4.69) is 0 Å². The summed E-state index contributed by atoms with van der Waals surface area (Å²) in [7, 11) is 1.56. The average Bonchev–Trinajstić information content (AvgIpc) is 2.32. The third-order valence-electron chi connectivity index (χ3n) is 2.72. The monoisotopic (exact) mass is 256 g/mol. The first-order valence-corrected chi connectivity index (χ1v) is 5.90. The Balaban J connectivity index is 2.69. The van der Waals surface area contributed by atoms with Crippen LogP contribution in [0.2, 0.25) is 0 Å². The minimum atomic E-state index is -0.654. The lowest BCUT2D eigenvalue weighted by Crippen LogP contribution is -2.41. The summed E-state index contributed by atoms with van der Waals surface area (Å²) >= 11 is 0. The van der Waals surface area contributed by atoms with Gasteiger partial charge in [-0.1, -0.05) is 19.4 Å². The molecule has 1 aromatic rings. The maximum absolute atomic E-state index is 13.4. The van der Waals surface area contributed by atoms with E-state index in [1.807, 2.05) is 6.92 Å². The molecule has 2 N–H and O–H groups in total. The molecule has 0 aliphatic carbocycles. The number of amides is 1. The van der Waals surface area contributed by atoms with Crippen molar-refractivity contribution in [1.29, 1.82) is 0 Å². The van der Waals surface area contributed by atoms with E-state index >= 15 is 0 Å². The summed E-state index contributed by atoms with van der Waals surface area (Å²) in [5.74, 6) is -1.52. The zero-order chi connectivity index (χ0) is 13.7. The van der Waals surface area contributed by atoms with Crippen LogP contribution < -0.4 is 5.73 Å². The molecule has 18 heavy (non-hydrogen) atoms. The normalized spacial score (nSPS) is 12.3. The number of halogens is 2. The largest absolute Gasteiger partial charge is 0.340 e. The summed E-state index contributed by atoms with van der Waals surface area (Å²) in [6, 6.07) is 2.74. The molecule has 1 rings (SSSR count). The Morgan fingerprint density at radius 2 is 2.11 bits per heavy atom. The molecule has 1 aromatic carbocycles. The SMILES string of the molecule is CCC[C@H](N)C(=O)N(C)Cc1ccc(F)cc1F. The highest BCUT2D eigenvalue weighted by Crippen LogP contribution is 2.12. The van der Waals surface area contributed by atoms with Gasteiger partial charge in [0.2, 0.25) is 5.91 Å². The maximum Gasteiger partial charge on any atom is 0.239 e.